The van der Waals surface area contributed by atoms with Gasteiger partial charge in [-0.2, -0.15) is 0 Å². The summed E-state index contributed by atoms with van der Waals surface area (Å²) in [6.07, 6.45) is 2.86. The Hall–Kier alpha value is -0.790. The van der Waals surface area contributed by atoms with E-state index in [1.165, 1.54) is 0 Å². The highest BCUT2D eigenvalue weighted by molar-refractivity contribution is 6.31. The van der Waals surface area contributed by atoms with Crippen LogP contribution in [0.15, 0.2) is 36.9 Å². The van der Waals surface area contributed by atoms with Crippen LogP contribution < -0.4 is 0 Å². The molecule has 2 heteroatoms. The first-order valence-electron chi connectivity index (χ1n) is 4.72. The highest BCUT2D eigenvalue weighted by Crippen LogP contribution is 2.33. The van der Waals surface area contributed by atoms with Crippen LogP contribution in [0.25, 0.3) is 0 Å². The molecule has 0 aliphatic carbocycles. The van der Waals surface area contributed by atoms with Crippen LogP contribution in [0.2, 0.25) is 5.02 Å². The molecule has 0 amide bonds. The molecule has 0 heterocycles. The largest absolute Gasteiger partial charge is 0.385 e. The van der Waals surface area contributed by atoms with E-state index in [9.17, 15) is 5.11 Å². The Balaban J connectivity index is 3.11. The highest BCUT2D eigenvalue weighted by atomic mass is 35.5. The zero-order valence-electron chi connectivity index (χ0n) is 8.33. The molecule has 1 atom stereocenters. The maximum absolute atomic E-state index is 10.3. The van der Waals surface area contributed by atoms with Gasteiger partial charge in [-0.3, -0.25) is 0 Å². The van der Waals surface area contributed by atoms with E-state index in [0.29, 0.717) is 17.9 Å². The Labute approximate surface area is 90.0 Å². The van der Waals surface area contributed by atoms with Crippen LogP contribution >= 0.6 is 11.6 Å². The quantitative estimate of drug-likeness (QED) is 0.755. The van der Waals surface area contributed by atoms with Crippen molar-refractivity contribution in [2.45, 2.75) is 25.4 Å². The smallest absolute Gasteiger partial charge is 0.0942 e. The molecular formula is C12H15ClO. The minimum Gasteiger partial charge on any atom is -0.385 e. The van der Waals surface area contributed by atoms with Gasteiger partial charge < -0.3 is 5.11 Å². The number of hydrogen-bond donors (Lipinski definition) is 1. The number of rotatable bonds is 4. The lowest BCUT2D eigenvalue weighted by Crippen LogP contribution is -2.24. The maximum atomic E-state index is 10.3. The van der Waals surface area contributed by atoms with Crippen molar-refractivity contribution in [3.05, 3.63) is 47.5 Å². The summed E-state index contributed by atoms with van der Waals surface area (Å²) in [6, 6.07) is 7.39. The fraction of sp³-hybridized carbons (Fsp3) is 0.333. The van der Waals surface area contributed by atoms with Crippen LogP contribution in [0.5, 0.6) is 0 Å². The standard InChI is InChI=1S/C12H15ClO/c1-3-9-12(14,4-2)10-7-5-6-8-11(10)13/h3,5-8,14H,1,4,9H2,2H3. The first-order valence-corrected chi connectivity index (χ1v) is 5.10. The van der Waals surface area contributed by atoms with Crippen LogP contribution in [0.4, 0.5) is 0 Å². The van der Waals surface area contributed by atoms with Crippen LogP contribution in [0.3, 0.4) is 0 Å². The Morgan fingerprint density at radius 2 is 2.14 bits per heavy atom. The average molecular weight is 211 g/mol. The molecule has 1 unspecified atom stereocenters. The lowest BCUT2D eigenvalue weighted by Gasteiger charge is -2.26. The van der Waals surface area contributed by atoms with Crippen molar-refractivity contribution in [1.29, 1.82) is 0 Å². The van der Waals surface area contributed by atoms with Crippen LogP contribution in [-0.2, 0) is 5.60 Å². The van der Waals surface area contributed by atoms with Gasteiger partial charge in [0.25, 0.3) is 0 Å². The van der Waals surface area contributed by atoms with Gasteiger partial charge in [-0.05, 0) is 18.9 Å². The lowest BCUT2D eigenvalue weighted by molar-refractivity contribution is 0.0357. The monoisotopic (exact) mass is 210 g/mol. The molecule has 1 rings (SSSR count). The van der Waals surface area contributed by atoms with E-state index in [4.69, 9.17) is 11.6 Å². The molecule has 0 fully saturated rings. The second-order valence-corrected chi connectivity index (χ2v) is 3.76. The first-order chi connectivity index (χ1) is 6.64. The van der Waals surface area contributed by atoms with Crippen molar-refractivity contribution in [2.24, 2.45) is 0 Å². The number of aliphatic hydroxyl groups is 1. The molecule has 14 heavy (non-hydrogen) atoms. The molecule has 1 nitrogen and oxygen atoms in total. The van der Waals surface area contributed by atoms with Crippen molar-refractivity contribution in [1.82, 2.24) is 0 Å². The molecule has 0 aliphatic heterocycles. The van der Waals surface area contributed by atoms with Crippen molar-refractivity contribution >= 4 is 11.6 Å². The van der Waals surface area contributed by atoms with Gasteiger partial charge in [-0.15, -0.1) is 6.58 Å². The van der Waals surface area contributed by atoms with Crippen LogP contribution in [0.1, 0.15) is 25.3 Å². The third-order valence-electron chi connectivity index (χ3n) is 2.44. The average Bonchev–Trinajstić information content (AvgIpc) is 2.18. The summed E-state index contributed by atoms with van der Waals surface area (Å²) >= 11 is 6.03. The summed E-state index contributed by atoms with van der Waals surface area (Å²) < 4.78 is 0. The van der Waals surface area contributed by atoms with Crippen LogP contribution in [0, 0.1) is 0 Å². The van der Waals surface area contributed by atoms with Crippen molar-refractivity contribution in [3.8, 4) is 0 Å². The van der Waals surface area contributed by atoms with Gasteiger partial charge in [0, 0.05) is 10.6 Å². The SMILES string of the molecule is C=CCC(O)(CC)c1ccccc1Cl. The Morgan fingerprint density at radius 1 is 1.50 bits per heavy atom. The molecule has 0 aliphatic rings. The Bertz CT molecular complexity index is 322. The fourth-order valence-corrected chi connectivity index (χ4v) is 1.83. The molecule has 1 aromatic carbocycles. The summed E-state index contributed by atoms with van der Waals surface area (Å²) in [4.78, 5) is 0. The van der Waals surface area contributed by atoms with Crippen molar-refractivity contribution in [3.63, 3.8) is 0 Å². The normalized spacial score (nSPS) is 14.8. The molecule has 0 saturated heterocycles. The van der Waals surface area contributed by atoms with E-state index in [2.05, 4.69) is 6.58 Å². The molecule has 1 N–H and O–H groups in total. The third kappa shape index (κ3) is 2.17. The summed E-state index contributed by atoms with van der Waals surface area (Å²) in [6.45, 7) is 5.58. The predicted molar refractivity (Wildman–Crippen MR) is 60.5 cm³/mol. The molecule has 1 aromatic rings. The van der Waals surface area contributed by atoms with Gasteiger partial charge >= 0.3 is 0 Å². The predicted octanol–water partition coefficient (Wildman–Crippen LogP) is 3.51. The second kappa shape index (κ2) is 4.63. The van der Waals surface area contributed by atoms with E-state index >= 15 is 0 Å². The summed E-state index contributed by atoms with van der Waals surface area (Å²) in [7, 11) is 0. The van der Waals surface area contributed by atoms with Crippen molar-refractivity contribution < 1.29 is 5.11 Å². The third-order valence-corrected chi connectivity index (χ3v) is 2.77. The number of hydrogen-bond acceptors (Lipinski definition) is 1. The Kier molecular flexibility index (Phi) is 3.73. The Morgan fingerprint density at radius 3 is 2.64 bits per heavy atom. The van der Waals surface area contributed by atoms with Gasteiger partial charge in [-0.25, -0.2) is 0 Å². The van der Waals surface area contributed by atoms with Gasteiger partial charge in [0.2, 0.25) is 0 Å². The molecule has 0 saturated carbocycles. The number of benzene rings is 1. The molecule has 0 bridgehead atoms. The maximum Gasteiger partial charge on any atom is 0.0942 e. The molecule has 0 aromatic heterocycles. The van der Waals surface area contributed by atoms with Gasteiger partial charge in [0.15, 0.2) is 0 Å². The lowest BCUT2D eigenvalue weighted by atomic mass is 9.88. The van der Waals surface area contributed by atoms with Crippen molar-refractivity contribution in [2.75, 3.05) is 0 Å². The second-order valence-electron chi connectivity index (χ2n) is 3.36. The highest BCUT2D eigenvalue weighted by Gasteiger charge is 2.27. The summed E-state index contributed by atoms with van der Waals surface area (Å²) in [5.74, 6) is 0. The van der Waals surface area contributed by atoms with E-state index in [1.807, 2.05) is 25.1 Å². The zero-order chi connectivity index (χ0) is 10.6. The van der Waals surface area contributed by atoms with E-state index in [0.717, 1.165) is 5.56 Å². The van der Waals surface area contributed by atoms with E-state index in [1.54, 1.807) is 12.1 Å². The molecular weight excluding hydrogens is 196 g/mol. The fourth-order valence-electron chi connectivity index (χ4n) is 1.52. The summed E-state index contributed by atoms with van der Waals surface area (Å²) in [5, 5.41) is 10.9. The van der Waals surface area contributed by atoms with E-state index in [-0.39, 0.29) is 0 Å². The topological polar surface area (TPSA) is 20.2 Å². The zero-order valence-corrected chi connectivity index (χ0v) is 9.09. The first kappa shape index (κ1) is 11.3. The van der Waals surface area contributed by atoms with Gasteiger partial charge in [0.1, 0.15) is 0 Å². The molecule has 76 valence electrons. The molecule has 0 radical (unpaired) electrons. The minimum absolute atomic E-state index is 0.521. The molecule has 0 spiro atoms. The van der Waals surface area contributed by atoms with Gasteiger partial charge in [0.05, 0.1) is 5.60 Å². The summed E-state index contributed by atoms with van der Waals surface area (Å²) in [5.41, 5.74) is -0.0934. The van der Waals surface area contributed by atoms with Gasteiger partial charge in [-0.1, -0.05) is 42.8 Å². The number of halogens is 1. The van der Waals surface area contributed by atoms with Crippen LogP contribution in [-0.4, -0.2) is 5.11 Å². The minimum atomic E-state index is -0.875. The van der Waals surface area contributed by atoms with E-state index < -0.39 is 5.60 Å².